The smallest absolute Gasteiger partial charge is 0.346 e. The first kappa shape index (κ1) is 44.6. The number of ether oxygens (including phenoxy) is 5. The molecule has 0 aliphatic carbocycles. The molecule has 0 unspecified atom stereocenters. The van der Waals surface area contributed by atoms with Gasteiger partial charge in [0.1, 0.15) is 23.0 Å². The highest BCUT2D eigenvalue weighted by atomic mass is 16.6. The van der Waals surface area contributed by atoms with Crippen LogP contribution < -0.4 is 9.47 Å². The van der Waals surface area contributed by atoms with Crippen LogP contribution in [-0.4, -0.2) is 69.0 Å². The minimum atomic E-state index is -1.15. The highest BCUT2D eigenvalue weighted by Crippen LogP contribution is 2.29. The fourth-order valence-corrected chi connectivity index (χ4v) is 6.71. The van der Waals surface area contributed by atoms with Crippen molar-refractivity contribution in [1.82, 2.24) is 0 Å². The second-order valence-corrected chi connectivity index (χ2v) is 14.5. The molecular formula is C51H28O17. The molecular weight excluding hydrogens is 885 g/mol. The van der Waals surface area contributed by atoms with Crippen molar-refractivity contribution in [3.05, 3.63) is 202 Å². The molecule has 7 aromatic rings. The van der Waals surface area contributed by atoms with E-state index < -0.39 is 53.7 Å². The molecule has 10 rings (SSSR count). The van der Waals surface area contributed by atoms with Crippen molar-refractivity contribution in [1.29, 1.82) is 0 Å². The Kier molecular flexibility index (Phi) is 12.2. The van der Waals surface area contributed by atoms with Gasteiger partial charge in [-0.2, -0.15) is 0 Å². The van der Waals surface area contributed by atoms with E-state index in [2.05, 4.69) is 14.2 Å². The lowest BCUT2D eigenvalue weighted by Crippen LogP contribution is -2.09. The maximum absolute atomic E-state index is 12.5. The van der Waals surface area contributed by atoms with Crippen LogP contribution in [0, 0.1) is 0 Å². The number of esters is 8. The lowest BCUT2D eigenvalue weighted by atomic mass is 10.0. The standard InChI is InChI=1S/C30H14O10.C12H10O2.C9H4O5/c31-25(17-5-11-21-23(13-17)29(35)39-27(21)33)37-19-7-1-15(2-8-19)16-3-9-20(10-4-16)38-26(32)18-6-12-22-24(14-18)30(36)40-28(22)34;13-11-5-1-9(2-6-11)10-3-7-12(14)8-4-10;10-7(11)4-1-2-5-6(3-4)9(13)14-8(5)12/h1-14H;1-8,13-14H;1-3H,(H,10,11). The van der Waals surface area contributed by atoms with Crippen molar-refractivity contribution in [3.8, 4) is 45.3 Å². The number of hydrogen-bond donors (Lipinski definition) is 3. The predicted octanol–water partition coefficient (Wildman–Crippen LogP) is 7.87. The average molecular weight is 913 g/mol. The lowest BCUT2D eigenvalue weighted by Gasteiger charge is -2.08. The number of phenols is 2. The third kappa shape index (κ3) is 9.57. The van der Waals surface area contributed by atoms with Gasteiger partial charge < -0.3 is 39.0 Å². The van der Waals surface area contributed by atoms with Crippen molar-refractivity contribution in [3.63, 3.8) is 0 Å². The molecule has 0 saturated carbocycles. The van der Waals surface area contributed by atoms with Gasteiger partial charge in [-0.1, -0.05) is 48.5 Å². The maximum atomic E-state index is 12.5. The lowest BCUT2D eigenvalue weighted by molar-refractivity contribution is 0.0425. The SMILES string of the molecule is O=C(O)c1ccc2c(c1)C(=O)OC2=O.O=C(Oc1ccc(-c2ccc(OC(=O)c3ccc4c(c3)C(=O)OC4=O)cc2)cc1)c1ccc2c(c1)C(=O)OC2=O.Oc1ccc(-c2ccc(O)cc2)cc1. The van der Waals surface area contributed by atoms with Gasteiger partial charge in [0.25, 0.3) is 0 Å². The number of phenolic OH excluding ortho intramolecular Hbond substituents is 2. The first-order valence-corrected chi connectivity index (χ1v) is 19.8. The van der Waals surface area contributed by atoms with Crippen LogP contribution in [0.25, 0.3) is 22.3 Å². The number of carboxylic acid groups (broad SMARTS) is 1. The summed E-state index contributed by atoms with van der Waals surface area (Å²) in [7, 11) is 0. The van der Waals surface area contributed by atoms with Gasteiger partial charge in [0.15, 0.2) is 0 Å². The zero-order chi connectivity index (χ0) is 48.2. The molecule has 0 aromatic heterocycles. The number of aromatic hydroxyl groups is 2. The maximum Gasteiger partial charge on any atom is 0.346 e. The molecule has 0 radical (unpaired) electrons. The molecule has 0 saturated heterocycles. The number of hydrogen-bond acceptors (Lipinski definition) is 16. The molecule has 17 heteroatoms. The summed E-state index contributed by atoms with van der Waals surface area (Å²) in [6.45, 7) is 0. The van der Waals surface area contributed by atoms with Crippen molar-refractivity contribution >= 4 is 53.7 Å². The van der Waals surface area contributed by atoms with Gasteiger partial charge in [-0.3, -0.25) is 0 Å². The molecule has 0 spiro atoms. The fraction of sp³-hybridized carbons (Fsp3) is 0. The zero-order valence-electron chi connectivity index (χ0n) is 34.5. The van der Waals surface area contributed by atoms with E-state index in [4.69, 9.17) is 24.8 Å². The Hall–Kier alpha value is -10.0. The van der Waals surface area contributed by atoms with E-state index >= 15 is 0 Å². The van der Waals surface area contributed by atoms with Gasteiger partial charge in [0, 0.05) is 0 Å². The molecule has 7 aromatic carbocycles. The number of aromatic carboxylic acids is 1. The molecule has 3 aliphatic heterocycles. The summed E-state index contributed by atoms with van der Waals surface area (Å²) >= 11 is 0. The summed E-state index contributed by atoms with van der Waals surface area (Å²) in [6.07, 6.45) is 0. The zero-order valence-corrected chi connectivity index (χ0v) is 34.5. The van der Waals surface area contributed by atoms with Crippen LogP contribution in [0.3, 0.4) is 0 Å². The minimum absolute atomic E-state index is 0.00917. The summed E-state index contributed by atoms with van der Waals surface area (Å²) in [6, 6.07) is 38.8. The van der Waals surface area contributed by atoms with Crippen LogP contribution in [0.5, 0.6) is 23.0 Å². The monoisotopic (exact) mass is 912 g/mol. The second-order valence-electron chi connectivity index (χ2n) is 14.5. The van der Waals surface area contributed by atoms with Crippen LogP contribution in [0.15, 0.2) is 152 Å². The molecule has 0 atom stereocenters. The largest absolute Gasteiger partial charge is 0.508 e. The highest BCUT2D eigenvalue weighted by molar-refractivity contribution is 6.17. The Morgan fingerprint density at radius 3 is 0.912 bits per heavy atom. The van der Waals surface area contributed by atoms with E-state index in [9.17, 15) is 43.2 Å². The Bertz CT molecular complexity index is 3080. The minimum Gasteiger partial charge on any atom is -0.508 e. The molecule has 3 N–H and O–H groups in total. The Labute approximate surface area is 381 Å². The van der Waals surface area contributed by atoms with E-state index in [1.165, 1.54) is 48.5 Å². The summed E-state index contributed by atoms with van der Waals surface area (Å²) in [5.41, 5.74) is 4.08. The van der Waals surface area contributed by atoms with Crippen LogP contribution in [0.4, 0.5) is 0 Å². The summed E-state index contributed by atoms with van der Waals surface area (Å²) < 4.78 is 24.1. The molecule has 3 aliphatic rings. The van der Waals surface area contributed by atoms with Crippen molar-refractivity contribution in [2.24, 2.45) is 0 Å². The fourth-order valence-electron chi connectivity index (χ4n) is 6.71. The molecule has 0 fully saturated rings. The number of benzene rings is 7. The number of fused-ring (bicyclic) bond motifs is 3. The van der Waals surface area contributed by atoms with Crippen LogP contribution in [-0.2, 0) is 14.2 Å². The van der Waals surface area contributed by atoms with Gasteiger partial charge in [-0.05, 0) is 125 Å². The predicted molar refractivity (Wildman–Crippen MR) is 233 cm³/mol. The average Bonchev–Trinajstić information content (AvgIpc) is 3.92. The van der Waals surface area contributed by atoms with Gasteiger partial charge in [-0.25, -0.2) is 43.2 Å². The number of rotatable bonds is 7. The topological polar surface area (TPSA) is 260 Å². The molecule has 334 valence electrons. The first-order valence-electron chi connectivity index (χ1n) is 19.8. The third-order valence-electron chi connectivity index (χ3n) is 10.2. The Morgan fingerprint density at radius 1 is 0.338 bits per heavy atom. The Morgan fingerprint density at radius 2 is 0.603 bits per heavy atom. The molecule has 0 bridgehead atoms. The van der Waals surface area contributed by atoms with E-state index in [1.54, 1.807) is 72.8 Å². The van der Waals surface area contributed by atoms with Crippen molar-refractivity contribution in [2.45, 2.75) is 0 Å². The molecule has 17 nitrogen and oxygen atoms in total. The number of carboxylic acids is 1. The van der Waals surface area contributed by atoms with Gasteiger partial charge >= 0.3 is 53.7 Å². The number of carbonyl (C=O) groups is 9. The summed E-state index contributed by atoms with van der Waals surface area (Å²) in [5.74, 6) is -6.20. The normalized spacial score (nSPS) is 12.7. The Balaban J connectivity index is 0.000000180. The highest BCUT2D eigenvalue weighted by Gasteiger charge is 2.32. The molecule has 68 heavy (non-hydrogen) atoms. The van der Waals surface area contributed by atoms with E-state index in [-0.39, 0.29) is 73.1 Å². The molecule has 0 amide bonds. The van der Waals surface area contributed by atoms with Gasteiger partial charge in [0.2, 0.25) is 0 Å². The first-order chi connectivity index (χ1) is 32.6. The van der Waals surface area contributed by atoms with Crippen LogP contribution in [0.1, 0.15) is 93.2 Å². The van der Waals surface area contributed by atoms with E-state index in [0.717, 1.165) is 28.3 Å². The van der Waals surface area contributed by atoms with Gasteiger partial charge in [0.05, 0.1) is 50.1 Å². The second kappa shape index (κ2) is 18.6. The number of carbonyl (C=O) groups excluding carboxylic acids is 8. The van der Waals surface area contributed by atoms with Crippen LogP contribution >= 0.6 is 0 Å². The van der Waals surface area contributed by atoms with E-state index in [0.29, 0.717) is 0 Å². The summed E-state index contributed by atoms with van der Waals surface area (Å²) in [5, 5.41) is 26.8. The third-order valence-corrected chi connectivity index (χ3v) is 10.2. The van der Waals surface area contributed by atoms with E-state index in [1.807, 2.05) is 24.3 Å². The number of cyclic esters (lactones) is 6. The molecule has 3 heterocycles. The van der Waals surface area contributed by atoms with Crippen molar-refractivity contribution < 1.29 is 82.2 Å². The quantitative estimate of drug-likeness (QED) is 0.0594. The van der Waals surface area contributed by atoms with Gasteiger partial charge in [-0.15, -0.1) is 0 Å². The summed E-state index contributed by atoms with van der Waals surface area (Å²) in [4.78, 5) is 104. The van der Waals surface area contributed by atoms with Crippen molar-refractivity contribution in [2.75, 3.05) is 0 Å². The van der Waals surface area contributed by atoms with Crippen LogP contribution in [0.2, 0.25) is 0 Å².